The van der Waals surface area contributed by atoms with Crippen LogP contribution in [0.5, 0.6) is 0 Å². The molecule has 0 radical (unpaired) electrons. The number of carboxylic acid groups (broad SMARTS) is 1. The largest absolute Gasteiger partial charge is 0.480 e. The van der Waals surface area contributed by atoms with Gasteiger partial charge in [-0.15, -0.1) is 0 Å². The van der Waals surface area contributed by atoms with E-state index in [2.05, 4.69) is 9.97 Å². The van der Waals surface area contributed by atoms with Crippen molar-refractivity contribution in [2.24, 2.45) is 14.1 Å². The Morgan fingerprint density at radius 2 is 1.79 bits per heavy atom. The molecule has 28 heavy (non-hydrogen) atoms. The highest BCUT2D eigenvalue weighted by Gasteiger charge is 2.23. The van der Waals surface area contributed by atoms with Gasteiger partial charge < -0.3 is 5.11 Å². The fraction of sp³-hybridized carbons (Fsp3) is 0.316. The molecular formula is C19H20N4O4S. The van der Waals surface area contributed by atoms with Gasteiger partial charge in [0.25, 0.3) is 5.56 Å². The minimum atomic E-state index is -0.988. The standard InChI is InChI=1S/C19H20N4O4S/c1-5-12(18(25)26)28-16-13-15(22(3)19(27)23(4)17(13)24)20-14(21-16)11-8-6-10(2)7-9-11/h6-9,12H,5H2,1-4H3,(H,25,26)/t12-/m1/s1. The number of thioether (sulfide) groups is 1. The molecule has 3 aromatic rings. The van der Waals surface area contributed by atoms with Gasteiger partial charge in [0.15, 0.2) is 11.5 Å². The highest BCUT2D eigenvalue weighted by molar-refractivity contribution is 8.00. The summed E-state index contributed by atoms with van der Waals surface area (Å²) in [5.41, 5.74) is 0.910. The van der Waals surface area contributed by atoms with Crippen molar-refractivity contribution in [2.45, 2.75) is 30.5 Å². The zero-order valence-corrected chi connectivity index (χ0v) is 16.8. The maximum Gasteiger partial charge on any atom is 0.332 e. The van der Waals surface area contributed by atoms with E-state index in [0.29, 0.717) is 17.8 Å². The average molecular weight is 400 g/mol. The van der Waals surface area contributed by atoms with Crippen LogP contribution in [0.3, 0.4) is 0 Å². The third-order valence-electron chi connectivity index (χ3n) is 4.48. The number of aromatic nitrogens is 4. The predicted octanol–water partition coefficient (Wildman–Crippen LogP) is 1.96. The summed E-state index contributed by atoms with van der Waals surface area (Å²) < 4.78 is 2.25. The topological polar surface area (TPSA) is 107 Å². The summed E-state index contributed by atoms with van der Waals surface area (Å²) in [7, 11) is 2.90. The Labute approximate surface area is 164 Å². The van der Waals surface area contributed by atoms with E-state index in [0.717, 1.165) is 21.9 Å². The van der Waals surface area contributed by atoms with Crippen molar-refractivity contribution in [2.75, 3.05) is 0 Å². The molecule has 146 valence electrons. The van der Waals surface area contributed by atoms with Crippen LogP contribution < -0.4 is 11.2 Å². The predicted molar refractivity (Wildman–Crippen MR) is 108 cm³/mol. The Balaban J connectivity index is 2.37. The number of benzene rings is 1. The Bertz CT molecular complexity index is 1180. The molecule has 0 saturated heterocycles. The summed E-state index contributed by atoms with van der Waals surface area (Å²) in [5.74, 6) is -0.656. The van der Waals surface area contributed by atoms with Crippen LogP contribution in [0.2, 0.25) is 0 Å². The number of aryl methyl sites for hydroxylation is 2. The van der Waals surface area contributed by atoms with E-state index in [1.807, 2.05) is 31.2 Å². The van der Waals surface area contributed by atoms with E-state index in [1.165, 1.54) is 18.7 Å². The van der Waals surface area contributed by atoms with E-state index in [-0.39, 0.29) is 16.1 Å². The molecule has 0 aliphatic heterocycles. The first-order chi connectivity index (χ1) is 13.2. The van der Waals surface area contributed by atoms with Gasteiger partial charge in [0.05, 0.1) is 0 Å². The monoisotopic (exact) mass is 400 g/mol. The average Bonchev–Trinajstić information content (AvgIpc) is 2.68. The lowest BCUT2D eigenvalue weighted by atomic mass is 10.1. The van der Waals surface area contributed by atoms with Crippen LogP contribution in [-0.2, 0) is 18.9 Å². The summed E-state index contributed by atoms with van der Waals surface area (Å²) in [4.78, 5) is 45.6. The number of rotatable bonds is 5. The second kappa shape index (κ2) is 7.59. The van der Waals surface area contributed by atoms with Gasteiger partial charge in [0.1, 0.15) is 15.7 Å². The van der Waals surface area contributed by atoms with Crippen molar-refractivity contribution in [1.82, 2.24) is 19.1 Å². The highest BCUT2D eigenvalue weighted by Crippen LogP contribution is 2.30. The minimum Gasteiger partial charge on any atom is -0.480 e. The lowest BCUT2D eigenvalue weighted by Gasteiger charge is -2.14. The maximum atomic E-state index is 12.8. The van der Waals surface area contributed by atoms with Crippen molar-refractivity contribution in [3.63, 3.8) is 0 Å². The molecule has 1 aromatic carbocycles. The van der Waals surface area contributed by atoms with Crippen molar-refractivity contribution < 1.29 is 9.90 Å². The number of carboxylic acids is 1. The van der Waals surface area contributed by atoms with Crippen molar-refractivity contribution in [1.29, 1.82) is 0 Å². The summed E-state index contributed by atoms with van der Waals surface area (Å²) >= 11 is 0.996. The number of aliphatic carboxylic acids is 1. The quantitative estimate of drug-likeness (QED) is 0.515. The molecule has 0 fully saturated rings. The van der Waals surface area contributed by atoms with Gasteiger partial charge in [-0.2, -0.15) is 0 Å². The highest BCUT2D eigenvalue weighted by atomic mass is 32.2. The molecule has 0 saturated carbocycles. The van der Waals surface area contributed by atoms with E-state index >= 15 is 0 Å². The van der Waals surface area contributed by atoms with Gasteiger partial charge in [-0.05, 0) is 13.3 Å². The van der Waals surface area contributed by atoms with E-state index in [1.54, 1.807) is 6.92 Å². The molecule has 0 aliphatic carbocycles. The van der Waals surface area contributed by atoms with E-state index in [9.17, 15) is 19.5 Å². The first-order valence-electron chi connectivity index (χ1n) is 8.68. The molecule has 0 spiro atoms. The number of hydrogen-bond acceptors (Lipinski definition) is 6. The molecule has 9 heteroatoms. The number of hydrogen-bond donors (Lipinski definition) is 1. The zero-order valence-electron chi connectivity index (χ0n) is 16.0. The van der Waals surface area contributed by atoms with Crippen LogP contribution in [0.1, 0.15) is 18.9 Å². The summed E-state index contributed by atoms with van der Waals surface area (Å²) in [6.07, 6.45) is 0.359. The Hall–Kier alpha value is -2.94. The van der Waals surface area contributed by atoms with Crippen LogP contribution in [0.4, 0.5) is 0 Å². The van der Waals surface area contributed by atoms with Gasteiger partial charge in [-0.25, -0.2) is 14.8 Å². The molecule has 1 N–H and O–H groups in total. The second-order valence-electron chi connectivity index (χ2n) is 6.48. The number of fused-ring (bicyclic) bond motifs is 1. The summed E-state index contributed by atoms with van der Waals surface area (Å²) in [6, 6.07) is 7.51. The molecule has 1 atom stereocenters. The molecular weight excluding hydrogens is 380 g/mol. The molecule has 0 unspecified atom stereocenters. The van der Waals surface area contributed by atoms with Crippen LogP contribution >= 0.6 is 11.8 Å². The lowest BCUT2D eigenvalue weighted by Crippen LogP contribution is -2.37. The summed E-state index contributed by atoms with van der Waals surface area (Å²) in [6.45, 7) is 3.71. The van der Waals surface area contributed by atoms with Gasteiger partial charge in [-0.3, -0.25) is 18.7 Å². The minimum absolute atomic E-state index is 0.144. The Morgan fingerprint density at radius 1 is 1.14 bits per heavy atom. The maximum absolute atomic E-state index is 12.8. The van der Waals surface area contributed by atoms with Crippen LogP contribution in [0.25, 0.3) is 22.4 Å². The summed E-state index contributed by atoms with van der Waals surface area (Å²) in [5, 5.41) is 9.07. The molecule has 2 aromatic heterocycles. The third kappa shape index (κ3) is 3.45. The van der Waals surface area contributed by atoms with Crippen LogP contribution in [0.15, 0.2) is 38.9 Å². The van der Waals surface area contributed by atoms with Crippen molar-refractivity contribution >= 4 is 28.8 Å². The molecule has 0 bridgehead atoms. The van der Waals surface area contributed by atoms with E-state index < -0.39 is 22.5 Å². The van der Waals surface area contributed by atoms with Gasteiger partial charge in [-0.1, -0.05) is 48.5 Å². The third-order valence-corrected chi connectivity index (χ3v) is 5.81. The van der Waals surface area contributed by atoms with Crippen LogP contribution in [-0.4, -0.2) is 35.4 Å². The molecule has 0 aliphatic rings. The first kappa shape index (κ1) is 19.8. The van der Waals surface area contributed by atoms with Crippen molar-refractivity contribution in [3.05, 3.63) is 50.7 Å². The first-order valence-corrected chi connectivity index (χ1v) is 9.56. The lowest BCUT2D eigenvalue weighted by molar-refractivity contribution is -0.136. The number of nitrogens with zero attached hydrogens (tertiary/aromatic N) is 4. The fourth-order valence-corrected chi connectivity index (χ4v) is 3.76. The Kier molecular flexibility index (Phi) is 5.37. The fourth-order valence-electron chi connectivity index (χ4n) is 2.79. The molecule has 8 nitrogen and oxygen atoms in total. The second-order valence-corrected chi connectivity index (χ2v) is 7.67. The van der Waals surface area contributed by atoms with Gasteiger partial charge in [0, 0.05) is 19.7 Å². The molecule has 0 amide bonds. The normalized spacial score (nSPS) is 12.3. The SMILES string of the molecule is CC[C@@H](Sc1nc(-c2ccc(C)cc2)nc2c1c(=O)n(C)c(=O)n2C)C(=O)O. The number of carbonyl (C=O) groups is 1. The zero-order chi connectivity index (χ0) is 20.6. The van der Waals surface area contributed by atoms with Crippen LogP contribution in [0, 0.1) is 6.92 Å². The van der Waals surface area contributed by atoms with E-state index in [4.69, 9.17) is 0 Å². The van der Waals surface area contributed by atoms with Crippen molar-refractivity contribution in [3.8, 4) is 11.4 Å². The van der Waals surface area contributed by atoms with Gasteiger partial charge >= 0.3 is 11.7 Å². The smallest absolute Gasteiger partial charge is 0.332 e. The molecule has 3 rings (SSSR count). The molecule has 2 heterocycles. The van der Waals surface area contributed by atoms with Gasteiger partial charge in [0.2, 0.25) is 0 Å². The Morgan fingerprint density at radius 3 is 2.36 bits per heavy atom.